The first-order valence-electron chi connectivity index (χ1n) is 11.1. The third-order valence-corrected chi connectivity index (χ3v) is 7.29. The van der Waals surface area contributed by atoms with Crippen LogP contribution in [-0.4, -0.2) is 37.9 Å². The van der Waals surface area contributed by atoms with Crippen molar-refractivity contribution in [1.82, 2.24) is 9.88 Å². The smallest absolute Gasteiger partial charge is 0.335 e. The van der Waals surface area contributed by atoms with E-state index in [0.29, 0.717) is 12.6 Å². The highest BCUT2D eigenvalue weighted by atomic mass is 32.2. The number of amidine groups is 1. The molecule has 3 atom stereocenters. The lowest BCUT2D eigenvalue weighted by atomic mass is 9.94. The van der Waals surface area contributed by atoms with E-state index in [1.54, 1.807) is 24.3 Å². The van der Waals surface area contributed by atoms with Crippen LogP contribution in [0.2, 0.25) is 0 Å². The first-order valence-corrected chi connectivity index (χ1v) is 12.1. The average molecular weight is 460 g/mol. The van der Waals surface area contributed by atoms with Crippen LogP contribution >= 0.6 is 11.8 Å². The summed E-state index contributed by atoms with van der Waals surface area (Å²) in [5, 5.41) is 10.2. The maximum Gasteiger partial charge on any atom is 0.335 e. The molecule has 0 unspecified atom stereocenters. The van der Waals surface area contributed by atoms with Crippen LogP contribution < -0.4 is 4.74 Å². The molecule has 0 saturated carbocycles. The van der Waals surface area contributed by atoms with Crippen molar-refractivity contribution in [2.24, 2.45) is 4.99 Å². The van der Waals surface area contributed by atoms with Gasteiger partial charge >= 0.3 is 5.97 Å². The highest BCUT2D eigenvalue weighted by Crippen LogP contribution is 2.50. The predicted octanol–water partition coefficient (Wildman–Crippen LogP) is 5.34. The van der Waals surface area contributed by atoms with E-state index in [-0.39, 0.29) is 17.6 Å². The highest BCUT2D eigenvalue weighted by Gasteiger charge is 2.46. The molecule has 1 aromatic heterocycles. The van der Waals surface area contributed by atoms with Gasteiger partial charge in [-0.1, -0.05) is 55.1 Å². The molecule has 0 radical (unpaired) electrons. The number of carboxylic acid groups (broad SMARTS) is 1. The van der Waals surface area contributed by atoms with Crippen molar-refractivity contribution in [3.8, 4) is 5.75 Å². The van der Waals surface area contributed by atoms with E-state index in [9.17, 15) is 4.79 Å². The summed E-state index contributed by atoms with van der Waals surface area (Å²) in [5.41, 5.74) is 3.24. The van der Waals surface area contributed by atoms with Gasteiger partial charge in [-0.15, -0.1) is 0 Å². The molecule has 5 rings (SSSR count). The molecule has 33 heavy (non-hydrogen) atoms. The summed E-state index contributed by atoms with van der Waals surface area (Å²) in [6, 6.07) is 21.3. The summed E-state index contributed by atoms with van der Waals surface area (Å²) in [4.78, 5) is 23.3. The molecule has 168 valence electrons. The van der Waals surface area contributed by atoms with Crippen LogP contribution in [0, 0.1) is 0 Å². The van der Waals surface area contributed by atoms with Gasteiger partial charge in [0.1, 0.15) is 18.4 Å². The maximum atomic E-state index is 11.1. The molecule has 2 aromatic carbocycles. The van der Waals surface area contributed by atoms with Crippen molar-refractivity contribution in [2.75, 3.05) is 5.75 Å². The van der Waals surface area contributed by atoms with Gasteiger partial charge in [0.15, 0.2) is 5.17 Å². The Labute approximate surface area is 197 Å². The first kappa shape index (κ1) is 21.5. The molecule has 2 aliphatic rings. The molecule has 2 aliphatic heterocycles. The molecule has 3 aromatic rings. The number of thioether (sulfide) groups is 1. The molecule has 0 spiro atoms. The number of para-hydroxylation sites is 1. The standard InChI is InChI=1S/C26H25N3O3S/c1-2-19-16-33-26-28-23(21-8-5-6-14-27-21)24(29(19)26)20-7-3-4-9-22(20)32-15-17-10-12-18(13-11-17)25(30)31/h3-14,19,23-24H,2,15-16H2,1H3,(H,30,31)/t19-,23-,24+/m0/s1. The van der Waals surface area contributed by atoms with E-state index in [0.717, 1.165) is 39.9 Å². The monoisotopic (exact) mass is 459 g/mol. The third kappa shape index (κ3) is 4.20. The van der Waals surface area contributed by atoms with Crippen molar-refractivity contribution in [3.63, 3.8) is 0 Å². The van der Waals surface area contributed by atoms with Crippen LogP contribution in [0.25, 0.3) is 0 Å². The SMILES string of the molecule is CC[C@H]1CSC2=N[C@@H](c3ccccn3)[C@@H](c3ccccc3OCc3ccc(C(=O)O)cc3)N21. The van der Waals surface area contributed by atoms with Gasteiger partial charge in [0, 0.05) is 23.6 Å². The molecular formula is C26H25N3O3S. The molecule has 3 heterocycles. The second-order valence-electron chi connectivity index (χ2n) is 8.16. The molecule has 1 saturated heterocycles. The number of aliphatic imine (C=N–C) groups is 1. The fourth-order valence-corrected chi connectivity index (χ4v) is 5.79. The maximum absolute atomic E-state index is 11.1. The average Bonchev–Trinajstić information content (AvgIpc) is 3.43. The van der Waals surface area contributed by atoms with Crippen LogP contribution in [0.1, 0.15) is 52.6 Å². The molecule has 0 aliphatic carbocycles. The van der Waals surface area contributed by atoms with Gasteiger partial charge in [0.05, 0.1) is 17.3 Å². The Bertz CT molecular complexity index is 1170. The highest BCUT2D eigenvalue weighted by molar-refractivity contribution is 8.14. The van der Waals surface area contributed by atoms with Crippen molar-refractivity contribution in [1.29, 1.82) is 0 Å². The van der Waals surface area contributed by atoms with Crippen LogP contribution in [-0.2, 0) is 6.61 Å². The second kappa shape index (κ2) is 9.27. The Morgan fingerprint density at radius 3 is 2.64 bits per heavy atom. The van der Waals surface area contributed by atoms with Gasteiger partial charge in [-0.3, -0.25) is 9.98 Å². The number of fused-ring (bicyclic) bond motifs is 1. The van der Waals surface area contributed by atoms with E-state index in [2.05, 4.69) is 22.9 Å². The van der Waals surface area contributed by atoms with E-state index in [1.807, 2.05) is 54.4 Å². The van der Waals surface area contributed by atoms with E-state index < -0.39 is 5.97 Å². The second-order valence-corrected chi connectivity index (χ2v) is 9.15. The Hall–Kier alpha value is -3.32. The van der Waals surface area contributed by atoms with Crippen molar-refractivity contribution < 1.29 is 14.6 Å². The zero-order chi connectivity index (χ0) is 22.8. The van der Waals surface area contributed by atoms with E-state index in [4.69, 9.17) is 14.8 Å². The molecule has 0 amide bonds. The summed E-state index contributed by atoms with van der Waals surface area (Å²) in [6.45, 7) is 2.58. The number of nitrogens with zero attached hydrogens (tertiary/aromatic N) is 3. The van der Waals surface area contributed by atoms with E-state index in [1.165, 1.54) is 0 Å². The Balaban J connectivity index is 1.46. The number of aromatic carboxylic acids is 1. The number of aromatic nitrogens is 1. The lowest BCUT2D eigenvalue weighted by Gasteiger charge is -2.32. The predicted molar refractivity (Wildman–Crippen MR) is 130 cm³/mol. The molecule has 1 fully saturated rings. The summed E-state index contributed by atoms with van der Waals surface area (Å²) in [6.07, 6.45) is 2.88. The fraction of sp³-hybridized carbons (Fsp3) is 0.269. The number of pyridine rings is 1. The molecule has 7 heteroatoms. The number of carbonyl (C=O) groups is 1. The number of ether oxygens (including phenoxy) is 1. The third-order valence-electron chi connectivity index (χ3n) is 6.16. The zero-order valence-electron chi connectivity index (χ0n) is 18.3. The van der Waals surface area contributed by atoms with Crippen LogP contribution in [0.4, 0.5) is 0 Å². The van der Waals surface area contributed by atoms with Crippen molar-refractivity contribution in [3.05, 3.63) is 95.3 Å². The Morgan fingerprint density at radius 1 is 1.12 bits per heavy atom. The summed E-state index contributed by atoms with van der Waals surface area (Å²) in [7, 11) is 0. The summed E-state index contributed by atoms with van der Waals surface area (Å²) >= 11 is 1.82. The normalized spacial score (nSPS) is 21.5. The molecule has 0 bridgehead atoms. The summed E-state index contributed by atoms with van der Waals surface area (Å²) < 4.78 is 6.29. The van der Waals surface area contributed by atoms with Gasteiger partial charge in [0.25, 0.3) is 0 Å². The molecular weight excluding hydrogens is 434 g/mol. The van der Waals surface area contributed by atoms with Crippen LogP contribution in [0.15, 0.2) is 77.9 Å². The van der Waals surface area contributed by atoms with Gasteiger partial charge in [-0.2, -0.15) is 0 Å². The van der Waals surface area contributed by atoms with Gasteiger partial charge in [-0.05, 0) is 42.3 Å². The largest absolute Gasteiger partial charge is 0.489 e. The zero-order valence-corrected chi connectivity index (χ0v) is 19.1. The van der Waals surface area contributed by atoms with Crippen LogP contribution in [0.3, 0.4) is 0 Å². The number of hydrogen-bond donors (Lipinski definition) is 1. The molecule has 6 nitrogen and oxygen atoms in total. The Kier molecular flexibility index (Phi) is 6.05. The van der Waals surface area contributed by atoms with Crippen molar-refractivity contribution >= 4 is 22.9 Å². The lowest BCUT2D eigenvalue weighted by molar-refractivity contribution is 0.0697. The number of hydrogen-bond acceptors (Lipinski definition) is 6. The minimum Gasteiger partial charge on any atom is -0.489 e. The van der Waals surface area contributed by atoms with Crippen molar-refractivity contribution in [2.45, 2.75) is 38.1 Å². The topological polar surface area (TPSA) is 75.0 Å². The number of carboxylic acids is 1. The van der Waals surface area contributed by atoms with Gasteiger partial charge in [-0.25, -0.2) is 4.79 Å². The van der Waals surface area contributed by atoms with E-state index >= 15 is 0 Å². The van der Waals surface area contributed by atoms with Gasteiger partial charge in [0.2, 0.25) is 0 Å². The lowest BCUT2D eigenvalue weighted by Crippen LogP contribution is -2.35. The van der Waals surface area contributed by atoms with Crippen LogP contribution in [0.5, 0.6) is 5.75 Å². The minimum atomic E-state index is -0.931. The molecule has 1 N–H and O–H groups in total. The summed E-state index contributed by atoms with van der Waals surface area (Å²) in [5.74, 6) is 0.924. The fourth-order valence-electron chi connectivity index (χ4n) is 4.45. The number of rotatable bonds is 7. The van der Waals surface area contributed by atoms with Gasteiger partial charge < -0.3 is 14.7 Å². The Morgan fingerprint density at radius 2 is 1.91 bits per heavy atom. The number of benzene rings is 2. The quantitative estimate of drug-likeness (QED) is 0.514. The first-order chi connectivity index (χ1) is 16.2. The minimum absolute atomic E-state index is 0.0143.